The van der Waals surface area contributed by atoms with Gasteiger partial charge in [0.2, 0.25) is 0 Å². The number of benzene rings is 2. The van der Waals surface area contributed by atoms with E-state index >= 15 is 0 Å². The first kappa shape index (κ1) is 25.0. The van der Waals surface area contributed by atoms with E-state index in [1.807, 2.05) is 36.4 Å². The average molecular weight is 435 g/mol. The normalized spacial score (nSPS) is 13.3. The van der Waals surface area contributed by atoms with Crippen LogP contribution in [0.1, 0.15) is 66.2 Å². The first-order chi connectivity index (χ1) is 14.8. The van der Waals surface area contributed by atoms with E-state index in [9.17, 15) is 9.59 Å². The van der Waals surface area contributed by atoms with Gasteiger partial charge in [-0.15, -0.1) is 0 Å². The Balaban J connectivity index is 2.09. The molecule has 31 heavy (non-hydrogen) atoms. The van der Waals surface area contributed by atoms with E-state index in [1.54, 1.807) is 0 Å². The van der Waals surface area contributed by atoms with Gasteiger partial charge in [-0.3, -0.25) is 0 Å². The predicted molar refractivity (Wildman–Crippen MR) is 135 cm³/mol. The topological polar surface area (TPSA) is 37.3 Å². The number of hydrogen-bond donors (Lipinski definition) is 1. The molecule has 0 heterocycles. The lowest BCUT2D eigenvalue weighted by atomic mass is 10.0. The minimum atomic E-state index is -2.92. The smallest absolute Gasteiger partial charge is 0.258 e. The zero-order valence-corrected chi connectivity index (χ0v) is 20.6. The van der Waals surface area contributed by atoms with Crippen molar-refractivity contribution in [1.29, 1.82) is 0 Å². The first-order valence-electron chi connectivity index (χ1n) is 11.4. The molecular formula is C28H38O2Si. The summed E-state index contributed by atoms with van der Waals surface area (Å²) in [5, 5.41) is 1.93. The van der Waals surface area contributed by atoms with Crippen LogP contribution in [-0.2, 0) is 4.79 Å². The van der Waals surface area contributed by atoms with Crippen molar-refractivity contribution in [3.05, 3.63) is 84.0 Å². The molecule has 0 aliphatic heterocycles. The molecule has 0 amide bonds. The van der Waals surface area contributed by atoms with Crippen LogP contribution in [-0.4, -0.2) is 19.4 Å². The van der Waals surface area contributed by atoms with Crippen LogP contribution in [0.3, 0.4) is 0 Å². The van der Waals surface area contributed by atoms with E-state index in [0.29, 0.717) is 6.42 Å². The summed E-state index contributed by atoms with van der Waals surface area (Å²) in [6.07, 6.45) is 11.0. The van der Waals surface area contributed by atoms with Crippen molar-refractivity contribution in [3.63, 3.8) is 0 Å². The summed E-state index contributed by atoms with van der Waals surface area (Å²) < 4.78 is 0. The van der Waals surface area contributed by atoms with E-state index in [4.69, 9.17) is 0 Å². The van der Waals surface area contributed by atoms with Gasteiger partial charge in [0.25, 0.3) is 8.32 Å². The van der Waals surface area contributed by atoms with Gasteiger partial charge in [-0.1, -0.05) is 97.8 Å². The molecule has 0 bridgehead atoms. The van der Waals surface area contributed by atoms with Gasteiger partial charge in [-0.05, 0) is 61.4 Å². The van der Waals surface area contributed by atoms with Gasteiger partial charge in [0.15, 0.2) is 0 Å². The van der Waals surface area contributed by atoms with Gasteiger partial charge in [0.1, 0.15) is 6.29 Å². The maximum absolute atomic E-state index is 12.2. The molecule has 0 aromatic heterocycles. The van der Waals surface area contributed by atoms with E-state index in [-0.39, 0.29) is 5.04 Å². The third-order valence-corrected chi connectivity index (χ3v) is 10.9. The molecular weight excluding hydrogens is 396 g/mol. The van der Waals surface area contributed by atoms with Crippen molar-refractivity contribution in [2.45, 2.75) is 71.3 Å². The number of rotatable bonds is 12. The molecule has 2 rings (SSSR count). The number of carbonyl (C=O) groups excluding carboxylic acids is 1. The SMILES string of the molecule is C/C(=C\CC/C(C)=C/CCC(C)(C)[Si](O)(c1ccccc1)c1ccccc1)CCC=O. The second-order valence-electron chi connectivity index (χ2n) is 9.21. The Bertz CT molecular complexity index is 827. The highest BCUT2D eigenvalue weighted by atomic mass is 28.4. The zero-order chi connectivity index (χ0) is 22.7. The summed E-state index contributed by atoms with van der Waals surface area (Å²) in [4.78, 5) is 22.7. The van der Waals surface area contributed by atoms with Crippen LogP contribution in [0.5, 0.6) is 0 Å². The minimum absolute atomic E-state index is 0.211. The molecule has 0 spiro atoms. The third-order valence-electron chi connectivity index (χ3n) is 6.31. The minimum Gasteiger partial charge on any atom is -0.424 e. The Morgan fingerprint density at radius 2 is 1.26 bits per heavy atom. The Labute approximate surface area is 189 Å². The molecule has 0 saturated carbocycles. The second-order valence-corrected chi connectivity index (χ2v) is 13.1. The Morgan fingerprint density at radius 3 is 1.74 bits per heavy atom. The highest BCUT2D eigenvalue weighted by Gasteiger charge is 2.49. The van der Waals surface area contributed by atoms with Crippen molar-refractivity contribution in [2.24, 2.45) is 0 Å². The Kier molecular flexibility index (Phi) is 9.67. The molecule has 0 radical (unpaired) electrons. The molecule has 0 aliphatic carbocycles. The highest BCUT2D eigenvalue weighted by molar-refractivity contribution is 6.98. The molecule has 0 unspecified atom stereocenters. The maximum atomic E-state index is 12.2. The van der Waals surface area contributed by atoms with Crippen LogP contribution < -0.4 is 10.4 Å². The van der Waals surface area contributed by atoms with Crippen molar-refractivity contribution < 1.29 is 9.59 Å². The van der Waals surface area contributed by atoms with Gasteiger partial charge < -0.3 is 9.59 Å². The lowest BCUT2D eigenvalue weighted by Gasteiger charge is -2.41. The van der Waals surface area contributed by atoms with Gasteiger partial charge in [-0.2, -0.15) is 0 Å². The fourth-order valence-corrected chi connectivity index (χ4v) is 7.96. The molecule has 0 atom stereocenters. The standard InChI is InChI=1S/C28H38O2Si/c1-24(14-11-15-25(2)17-13-23-29)16-12-22-28(3,4)31(30,26-18-7-5-8-19-26)27-20-9-6-10-21-27/h5-10,15-16,18-21,23,30H,11-14,17,22H2,1-4H3/b24-16+,25-15+. The van der Waals surface area contributed by atoms with Crippen molar-refractivity contribution in [1.82, 2.24) is 0 Å². The number of allylic oxidation sites excluding steroid dienone is 4. The van der Waals surface area contributed by atoms with Crippen molar-refractivity contribution in [2.75, 3.05) is 0 Å². The number of carbonyl (C=O) groups is 1. The molecule has 2 aromatic rings. The monoisotopic (exact) mass is 434 g/mol. The summed E-state index contributed by atoms with van der Waals surface area (Å²) in [6, 6.07) is 20.5. The Hall–Kier alpha value is -2.23. The van der Waals surface area contributed by atoms with E-state index in [2.05, 4.69) is 64.1 Å². The predicted octanol–water partition coefficient (Wildman–Crippen LogP) is 5.95. The van der Waals surface area contributed by atoms with Gasteiger partial charge >= 0.3 is 0 Å². The number of aldehydes is 1. The fraction of sp³-hybridized carbons (Fsp3) is 0.393. The fourth-order valence-electron chi connectivity index (χ4n) is 4.20. The molecule has 2 nitrogen and oxygen atoms in total. The molecule has 166 valence electrons. The number of hydrogen-bond acceptors (Lipinski definition) is 2. The van der Waals surface area contributed by atoms with E-state index < -0.39 is 8.32 Å². The largest absolute Gasteiger partial charge is 0.424 e. The summed E-state index contributed by atoms with van der Waals surface area (Å²) in [5.41, 5.74) is 2.68. The van der Waals surface area contributed by atoms with E-state index in [1.165, 1.54) is 11.1 Å². The average Bonchev–Trinajstić information content (AvgIpc) is 2.78. The maximum Gasteiger partial charge on any atom is 0.258 e. The molecule has 0 fully saturated rings. The third kappa shape index (κ3) is 6.88. The van der Waals surface area contributed by atoms with Crippen LogP contribution in [0, 0.1) is 0 Å². The zero-order valence-electron chi connectivity index (χ0n) is 19.6. The summed E-state index contributed by atoms with van der Waals surface area (Å²) >= 11 is 0. The van der Waals surface area contributed by atoms with Gasteiger partial charge in [0.05, 0.1) is 0 Å². The summed E-state index contributed by atoms with van der Waals surface area (Å²) in [6.45, 7) is 8.74. The van der Waals surface area contributed by atoms with Crippen LogP contribution in [0.4, 0.5) is 0 Å². The van der Waals surface area contributed by atoms with Crippen LogP contribution >= 0.6 is 0 Å². The van der Waals surface area contributed by atoms with Gasteiger partial charge in [0, 0.05) is 6.42 Å². The lowest BCUT2D eigenvalue weighted by molar-refractivity contribution is -0.107. The molecule has 0 aliphatic rings. The van der Waals surface area contributed by atoms with Crippen LogP contribution in [0.15, 0.2) is 84.0 Å². The molecule has 0 saturated heterocycles. The van der Waals surface area contributed by atoms with Crippen LogP contribution in [0.2, 0.25) is 5.04 Å². The highest BCUT2D eigenvalue weighted by Crippen LogP contribution is 2.40. The molecule has 3 heteroatoms. The Morgan fingerprint density at radius 1 is 0.806 bits per heavy atom. The van der Waals surface area contributed by atoms with Crippen LogP contribution in [0.25, 0.3) is 0 Å². The second kappa shape index (κ2) is 12.0. The van der Waals surface area contributed by atoms with Gasteiger partial charge in [-0.25, -0.2) is 0 Å². The molecule has 1 N–H and O–H groups in total. The summed E-state index contributed by atoms with van der Waals surface area (Å²) in [5.74, 6) is 0. The first-order valence-corrected chi connectivity index (χ1v) is 13.3. The summed E-state index contributed by atoms with van der Waals surface area (Å²) in [7, 11) is -2.92. The van der Waals surface area contributed by atoms with Crippen molar-refractivity contribution >= 4 is 25.0 Å². The lowest BCUT2D eigenvalue weighted by Crippen LogP contribution is -2.65. The van der Waals surface area contributed by atoms with Crippen molar-refractivity contribution in [3.8, 4) is 0 Å². The molecule has 2 aromatic carbocycles. The quantitative estimate of drug-likeness (QED) is 0.255. The van der Waals surface area contributed by atoms with E-state index in [0.717, 1.165) is 48.8 Å².